The van der Waals surface area contributed by atoms with E-state index in [1.807, 2.05) is 25.1 Å². The van der Waals surface area contributed by atoms with Crippen LogP contribution in [0.15, 0.2) is 30.3 Å². The summed E-state index contributed by atoms with van der Waals surface area (Å²) in [6.45, 7) is 6.78. The molecule has 1 heterocycles. The maximum Gasteiger partial charge on any atom is 0.0727 e. The van der Waals surface area contributed by atoms with E-state index in [1.54, 1.807) is 0 Å². The van der Waals surface area contributed by atoms with Crippen molar-refractivity contribution in [2.45, 2.75) is 33.5 Å². The van der Waals surface area contributed by atoms with Gasteiger partial charge in [-0.2, -0.15) is 0 Å². The molecular formula is C14H17NO. The number of para-hydroxylation sites is 1. The maximum atomic E-state index is 5.66. The Bertz CT molecular complexity index is 491. The zero-order chi connectivity index (χ0) is 11.5. The van der Waals surface area contributed by atoms with Crippen LogP contribution in [0.2, 0.25) is 0 Å². The fraction of sp³-hybridized carbons (Fsp3) is 0.357. The lowest BCUT2D eigenvalue weighted by Crippen LogP contribution is -2.03. The molecule has 0 aliphatic rings. The van der Waals surface area contributed by atoms with E-state index in [2.05, 4.69) is 31.0 Å². The standard InChI is InChI=1S/C14H17NO/c1-10(2)16-9-12-8-11(3)15-14-7-5-4-6-13(12)14/h4-8,10H,9H2,1-3H3. The van der Waals surface area contributed by atoms with Crippen LogP contribution in [0.25, 0.3) is 10.9 Å². The SMILES string of the molecule is Cc1cc(COC(C)C)c2ccccc2n1. The Morgan fingerprint density at radius 2 is 2.00 bits per heavy atom. The van der Waals surface area contributed by atoms with Crippen molar-refractivity contribution in [3.05, 3.63) is 41.6 Å². The van der Waals surface area contributed by atoms with Crippen LogP contribution < -0.4 is 0 Å². The highest BCUT2D eigenvalue weighted by Gasteiger charge is 2.04. The van der Waals surface area contributed by atoms with Crippen molar-refractivity contribution in [2.75, 3.05) is 0 Å². The second-order valence-corrected chi connectivity index (χ2v) is 4.30. The van der Waals surface area contributed by atoms with E-state index in [-0.39, 0.29) is 6.10 Å². The third-order valence-electron chi connectivity index (χ3n) is 2.50. The van der Waals surface area contributed by atoms with E-state index >= 15 is 0 Å². The number of benzene rings is 1. The minimum absolute atomic E-state index is 0.257. The molecule has 2 heteroatoms. The molecule has 0 spiro atoms. The number of hydrogen-bond donors (Lipinski definition) is 0. The van der Waals surface area contributed by atoms with Gasteiger partial charge in [0.15, 0.2) is 0 Å². The average molecular weight is 215 g/mol. The molecule has 0 saturated heterocycles. The summed E-state index contributed by atoms with van der Waals surface area (Å²) in [7, 11) is 0. The lowest BCUT2D eigenvalue weighted by Gasteiger charge is -2.10. The van der Waals surface area contributed by atoms with Gasteiger partial charge in [0.05, 0.1) is 18.2 Å². The first-order chi connectivity index (χ1) is 7.66. The minimum Gasteiger partial charge on any atom is -0.374 e. The van der Waals surface area contributed by atoms with E-state index in [1.165, 1.54) is 10.9 Å². The maximum absolute atomic E-state index is 5.66. The fourth-order valence-electron chi connectivity index (χ4n) is 1.77. The lowest BCUT2D eigenvalue weighted by atomic mass is 10.1. The van der Waals surface area contributed by atoms with E-state index in [9.17, 15) is 0 Å². The van der Waals surface area contributed by atoms with Gasteiger partial charge >= 0.3 is 0 Å². The molecule has 2 aromatic rings. The molecule has 0 fully saturated rings. The first-order valence-corrected chi connectivity index (χ1v) is 5.63. The van der Waals surface area contributed by atoms with Gasteiger partial charge in [0, 0.05) is 11.1 Å². The molecule has 2 rings (SSSR count). The molecule has 84 valence electrons. The number of ether oxygens (including phenoxy) is 1. The molecule has 1 aromatic heterocycles. The van der Waals surface area contributed by atoms with Gasteiger partial charge in [0.25, 0.3) is 0 Å². The number of pyridine rings is 1. The summed E-state index contributed by atoms with van der Waals surface area (Å²) in [5, 5.41) is 1.19. The van der Waals surface area contributed by atoms with E-state index in [4.69, 9.17) is 4.74 Å². The van der Waals surface area contributed by atoms with Crippen molar-refractivity contribution >= 4 is 10.9 Å². The number of fused-ring (bicyclic) bond motifs is 1. The molecule has 0 saturated carbocycles. The van der Waals surface area contributed by atoms with Gasteiger partial charge in [-0.3, -0.25) is 4.98 Å². The fourth-order valence-corrected chi connectivity index (χ4v) is 1.77. The molecule has 0 radical (unpaired) electrons. The van der Waals surface area contributed by atoms with Crippen molar-refractivity contribution in [2.24, 2.45) is 0 Å². The van der Waals surface area contributed by atoms with Crippen LogP contribution in [-0.4, -0.2) is 11.1 Å². The first-order valence-electron chi connectivity index (χ1n) is 5.63. The Hall–Kier alpha value is -1.41. The Morgan fingerprint density at radius 1 is 1.25 bits per heavy atom. The Balaban J connectivity index is 2.42. The quantitative estimate of drug-likeness (QED) is 0.782. The van der Waals surface area contributed by atoms with Gasteiger partial charge in [0.2, 0.25) is 0 Å². The summed E-state index contributed by atoms with van der Waals surface area (Å²) in [5.74, 6) is 0. The average Bonchev–Trinajstić information content (AvgIpc) is 2.25. The smallest absolute Gasteiger partial charge is 0.0727 e. The predicted octanol–water partition coefficient (Wildman–Crippen LogP) is 3.47. The van der Waals surface area contributed by atoms with Gasteiger partial charge in [-0.05, 0) is 38.5 Å². The van der Waals surface area contributed by atoms with Crippen molar-refractivity contribution in [3.8, 4) is 0 Å². The van der Waals surface area contributed by atoms with Crippen molar-refractivity contribution in [3.63, 3.8) is 0 Å². The summed E-state index contributed by atoms with van der Waals surface area (Å²) in [6.07, 6.45) is 0.257. The lowest BCUT2D eigenvalue weighted by molar-refractivity contribution is 0.0663. The highest BCUT2D eigenvalue weighted by atomic mass is 16.5. The number of hydrogen-bond acceptors (Lipinski definition) is 2. The number of nitrogens with zero attached hydrogens (tertiary/aromatic N) is 1. The summed E-state index contributed by atoms with van der Waals surface area (Å²) >= 11 is 0. The number of aryl methyl sites for hydroxylation is 1. The van der Waals surface area contributed by atoms with Gasteiger partial charge in [0.1, 0.15) is 0 Å². The summed E-state index contributed by atoms with van der Waals surface area (Å²) in [6, 6.07) is 10.3. The third-order valence-corrected chi connectivity index (χ3v) is 2.50. The minimum atomic E-state index is 0.257. The summed E-state index contributed by atoms with van der Waals surface area (Å²) in [5.41, 5.74) is 3.31. The van der Waals surface area contributed by atoms with Crippen molar-refractivity contribution in [1.82, 2.24) is 4.98 Å². The van der Waals surface area contributed by atoms with E-state index in [0.29, 0.717) is 6.61 Å². The highest BCUT2D eigenvalue weighted by molar-refractivity contribution is 5.82. The Kier molecular flexibility index (Phi) is 3.20. The molecule has 1 aromatic carbocycles. The number of rotatable bonds is 3. The van der Waals surface area contributed by atoms with Gasteiger partial charge in [-0.15, -0.1) is 0 Å². The van der Waals surface area contributed by atoms with Crippen LogP contribution in [0.4, 0.5) is 0 Å². The monoisotopic (exact) mass is 215 g/mol. The van der Waals surface area contributed by atoms with Crippen LogP contribution in [-0.2, 0) is 11.3 Å². The normalized spacial score (nSPS) is 11.2. The molecule has 2 nitrogen and oxygen atoms in total. The Morgan fingerprint density at radius 3 is 2.75 bits per heavy atom. The van der Waals surface area contributed by atoms with Crippen molar-refractivity contribution < 1.29 is 4.74 Å². The van der Waals surface area contributed by atoms with Crippen LogP contribution in [0.3, 0.4) is 0 Å². The molecule has 0 aliphatic carbocycles. The predicted molar refractivity (Wildman–Crippen MR) is 66.4 cm³/mol. The van der Waals surface area contributed by atoms with Crippen LogP contribution in [0.1, 0.15) is 25.1 Å². The second kappa shape index (κ2) is 4.62. The molecule has 0 bridgehead atoms. The topological polar surface area (TPSA) is 22.1 Å². The zero-order valence-electron chi connectivity index (χ0n) is 10.0. The number of aromatic nitrogens is 1. The summed E-state index contributed by atoms with van der Waals surface area (Å²) < 4.78 is 5.66. The zero-order valence-corrected chi connectivity index (χ0v) is 10.0. The molecule has 0 atom stereocenters. The summed E-state index contributed by atoms with van der Waals surface area (Å²) in [4.78, 5) is 4.51. The largest absolute Gasteiger partial charge is 0.374 e. The molecule has 0 aliphatic heterocycles. The van der Waals surface area contributed by atoms with Gasteiger partial charge in [-0.1, -0.05) is 18.2 Å². The van der Waals surface area contributed by atoms with E-state index < -0.39 is 0 Å². The van der Waals surface area contributed by atoms with Crippen LogP contribution >= 0.6 is 0 Å². The molecule has 0 unspecified atom stereocenters. The van der Waals surface area contributed by atoms with Crippen LogP contribution in [0, 0.1) is 6.92 Å². The molecule has 0 amide bonds. The van der Waals surface area contributed by atoms with Crippen LogP contribution in [0.5, 0.6) is 0 Å². The van der Waals surface area contributed by atoms with E-state index in [0.717, 1.165) is 11.2 Å². The van der Waals surface area contributed by atoms with Gasteiger partial charge in [-0.25, -0.2) is 0 Å². The molecular weight excluding hydrogens is 198 g/mol. The first kappa shape index (κ1) is 11.1. The Labute approximate surface area is 96.3 Å². The van der Waals surface area contributed by atoms with Gasteiger partial charge < -0.3 is 4.74 Å². The highest BCUT2D eigenvalue weighted by Crippen LogP contribution is 2.19. The second-order valence-electron chi connectivity index (χ2n) is 4.30. The third kappa shape index (κ3) is 2.39. The van der Waals surface area contributed by atoms with Crippen molar-refractivity contribution in [1.29, 1.82) is 0 Å². The molecule has 16 heavy (non-hydrogen) atoms. The molecule has 0 N–H and O–H groups in total.